The summed E-state index contributed by atoms with van der Waals surface area (Å²) in [6.45, 7) is 1.22. The molecule has 0 aliphatic heterocycles. The van der Waals surface area contributed by atoms with Crippen molar-refractivity contribution in [3.05, 3.63) is 65.8 Å². The van der Waals surface area contributed by atoms with Gasteiger partial charge < -0.3 is 14.4 Å². The van der Waals surface area contributed by atoms with Crippen molar-refractivity contribution in [1.29, 1.82) is 0 Å². The van der Waals surface area contributed by atoms with Crippen LogP contribution in [0.1, 0.15) is 37.1 Å². The Balaban J connectivity index is 1.52. The molecule has 3 aromatic rings. The summed E-state index contributed by atoms with van der Waals surface area (Å²) in [5.41, 5.74) is 1.85. The van der Waals surface area contributed by atoms with Gasteiger partial charge in [0.25, 0.3) is 0 Å². The first-order valence-electron chi connectivity index (χ1n) is 10.2. The molecule has 1 aromatic heterocycles. The maximum Gasteiger partial charge on any atom is 0.241 e. The molecule has 0 spiro atoms. The highest BCUT2D eigenvalue weighted by Crippen LogP contribution is 2.27. The number of aromatic nitrogens is 2. The Labute approximate surface area is 175 Å². The number of ether oxygens (including phenoxy) is 1. The number of benzene rings is 2. The third kappa shape index (κ3) is 5.04. The summed E-state index contributed by atoms with van der Waals surface area (Å²) in [5, 5.41) is 14.0. The van der Waals surface area contributed by atoms with Crippen molar-refractivity contribution >= 4 is 0 Å². The maximum absolute atomic E-state index is 13.2. The minimum Gasteiger partial charge on any atom is -0.497 e. The molecule has 0 amide bonds. The smallest absolute Gasteiger partial charge is 0.241 e. The first-order chi connectivity index (χ1) is 14.6. The molecule has 0 atom stereocenters. The van der Waals surface area contributed by atoms with E-state index in [1.54, 1.807) is 19.2 Å². The van der Waals surface area contributed by atoms with E-state index >= 15 is 0 Å². The van der Waals surface area contributed by atoms with Gasteiger partial charge in [0.05, 0.1) is 19.8 Å². The van der Waals surface area contributed by atoms with Crippen LogP contribution < -0.4 is 4.74 Å². The normalized spacial score (nSPS) is 19.2. The monoisotopic (exact) mass is 411 g/mol. The van der Waals surface area contributed by atoms with Gasteiger partial charge in [-0.3, -0.25) is 4.90 Å². The molecule has 158 valence electrons. The van der Waals surface area contributed by atoms with E-state index in [0.29, 0.717) is 36.4 Å². The van der Waals surface area contributed by atoms with E-state index < -0.39 is 0 Å². The highest BCUT2D eigenvalue weighted by atomic mass is 19.1. The van der Waals surface area contributed by atoms with E-state index in [1.807, 2.05) is 18.2 Å². The van der Waals surface area contributed by atoms with Crippen LogP contribution >= 0.6 is 0 Å². The molecular formula is C23H26FN3O3. The van der Waals surface area contributed by atoms with Gasteiger partial charge in [0.15, 0.2) is 0 Å². The molecule has 2 aromatic carbocycles. The van der Waals surface area contributed by atoms with Gasteiger partial charge in [0.1, 0.15) is 11.6 Å². The molecule has 1 heterocycles. The van der Waals surface area contributed by atoms with Gasteiger partial charge in [0.2, 0.25) is 11.7 Å². The number of nitrogens with zero attached hydrogens (tertiary/aromatic N) is 3. The zero-order valence-electron chi connectivity index (χ0n) is 17.0. The second-order valence-corrected chi connectivity index (χ2v) is 7.74. The van der Waals surface area contributed by atoms with Gasteiger partial charge in [-0.2, -0.15) is 4.98 Å². The average Bonchev–Trinajstić information content (AvgIpc) is 3.23. The Morgan fingerprint density at radius 2 is 1.87 bits per heavy atom. The van der Waals surface area contributed by atoms with Crippen LogP contribution in [0, 0.1) is 5.82 Å². The molecule has 4 rings (SSSR count). The van der Waals surface area contributed by atoms with Crippen molar-refractivity contribution in [2.45, 2.75) is 50.9 Å². The van der Waals surface area contributed by atoms with Crippen molar-refractivity contribution in [1.82, 2.24) is 15.0 Å². The summed E-state index contributed by atoms with van der Waals surface area (Å²) in [7, 11) is 1.66. The van der Waals surface area contributed by atoms with Crippen molar-refractivity contribution in [3.63, 3.8) is 0 Å². The lowest BCUT2D eigenvalue weighted by Crippen LogP contribution is -2.38. The van der Waals surface area contributed by atoms with Crippen molar-refractivity contribution in [2.24, 2.45) is 0 Å². The van der Waals surface area contributed by atoms with E-state index in [9.17, 15) is 9.50 Å². The fourth-order valence-corrected chi connectivity index (χ4v) is 3.95. The number of aliphatic hydroxyl groups is 1. The Morgan fingerprint density at radius 3 is 2.60 bits per heavy atom. The van der Waals surface area contributed by atoms with Crippen LogP contribution in [0.15, 0.2) is 53.1 Å². The first kappa shape index (κ1) is 20.5. The fourth-order valence-electron chi connectivity index (χ4n) is 3.95. The van der Waals surface area contributed by atoms with E-state index in [4.69, 9.17) is 9.26 Å². The number of rotatable bonds is 7. The van der Waals surface area contributed by atoms with Crippen LogP contribution in [0.5, 0.6) is 5.75 Å². The van der Waals surface area contributed by atoms with Crippen molar-refractivity contribution in [3.8, 4) is 17.1 Å². The Morgan fingerprint density at radius 1 is 1.10 bits per heavy atom. The quantitative estimate of drug-likeness (QED) is 0.629. The first-order valence-corrected chi connectivity index (χ1v) is 10.2. The van der Waals surface area contributed by atoms with E-state index in [0.717, 1.165) is 37.0 Å². The Bertz CT molecular complexity index is 952. The summed E-state index contributed by atoms with van der Waals surface area (Å²) in [4.78, 5) is 6.84. The molecule has 1 aliphatic carbocycles. The molecule has 1 fully saturated rings. The lowest BCUT2D eigenvalue weighted by Gasteiger charge is -2.35. The molecule has 30 heavy (non-hydrogen) atoms. The second-order valence-electron chi connectivity index (χ2n) is 7.74. The third-order valence-electron chi connectivity index (χ3n) is 5.61. The maximum atomic E-state index is 13.2. The molecule has 7 heteroatoms. The zero-order valence-corrected chi connectivity index (χ0v) is 17.0. The second kappa shape index (κ2) is 9.36. The highest BCUT2D eigenvalue weighted by Gasteiger charge is 2.26. The van der Waals surface area contributed by atoms with Gasteiger partial charge in [-0.05, 0) is 67.6 Å². The molecule has 1 N–H and O–H groups in total. The van der Waals surface area contributed by atoms with Crippen LogP contribution in [-0.4, -0.2) is 39.4 Å². The van der Waals surface area contributed by atoms with Crippen LogP contribution in [-0.2, 0) is 13.1 Å². The minimum absolute atomic E-state index is 0.214. The fraction of sp³-hybridized carbons (Fsp3) is 0.391. The SMILES string of the molecule is COc1cccc(CN(Cc2nc(-c3ccc(F)cc3)no2)C2CCC(O)CC2)c1. The largest absolute Gasteiger partial charge is 0.497 e. The lowest BCUT2D eigenvalue weighted by molar-refractivity contribution is 0.0613. The topological polar surface area (TPSA) is 71.6 Å². The molecule has 0 unspecified atom stereocenters. The summed E-state index contributed by atoms with van der Waals surface area (Å²) < 4.78 is 24.0. The van der Waals surface area contributed by atoms with Gasteiger partial charge >= 0.3 is 0 Å². The Hall–Kier alpha value is -2.77. The highest BCUT2D eigenvalue weighted by molar-refractivity contribution is 5.53. The molecule has 1 aliphatic rings. The van der Waals surface area contributed by atoms with Crippen LogP contribution in [0.4, 0.5) is 4.39 Å². The van der Waals surface area contributed by atoms with Crippen LogP contribution in [0.2, 0.25) is 0 Å². The number of hydrogen-bond acceptors (Lipinski definition) is 6. The van der Waals surface area contributed by atoms with Crippen LogP contribution in [0.25, 0.3) is 11.4 Å². The summed E-state index contributed by atoms with van der Waals surface area (Å²) >= 11 is 0. The average molecular weight is 411 g/mol. The summed E-state index contributed by atoms with van der Waals surface area (Å²) in [6, 6.07) is 14.4. The van der Waals surface area contributed by atoms with E-state index in [2.05, 4.69) is 21.1 Å². The van der Waals surface area contributed by atoms with E-state index in [-0.39, 0.29) is 11.9 Å². The molecule has 1 saturated carbocycles. The number of aliphatic hydroxyl groups excluding tert-OH is 1. The zero-order chi connectivity index (χ0) is 20.9. The molecule has 0 radical (unpaired) electrons. The molecule has 0 saturated heterocycles. The molecule has 6 nitrogen and oxygen atoms in total. The van der Waals surface area contributed by atoms with Crippen LogP contribution in [0.3, 0.4) is 0 Å². The lowest BCUT2D eigenvalue weighted by atomic mass is 9.91. The van der Waals surface area contributed by atoms with Gasteiger partial charge in [-0.1, -0.05) is 17.3 Å². The number of methoxy groups -OCH3 is 1. The van der Waals surface area contributed by atoms with Gasteiger partial charge in [-0.25, -0.2) is 4.39 Å². The predicted molar refractivity (Wildman–Crippen MR) is 110 cm³/mol. The number of hydrogen-bond donors (Lipinski definition) is 1. The molecule has 0 bridgehead atoms. The van der Waals surface area contributed by atoms with E-state index in [1.165, 1.54) is 12.1 Å². The summed E-state index contributed by atoms with van der Waals surface area (Å²) in [6.07, 6.45) is 3.22. The van der Waals surface area contributed by atoms with Gasteiger partial charge in [0, 0.05) is 18.2 Å². The number of halogens is 1. The van der Waals surface area contributed by atoms with Crippen molar-refractivity contribution < 1.29 is 18.8 Å². The van der Waals surface area contributed by atoms with Gasteiger partial charge in [-0.15, -0.1) is 0 Å². The van der Waals surface area contributed by atoms with Crippen molar-refractivity contribution in [2.75, 3.05) is 7.11 Å². The Kier molecular flexibility index (Phi) is 6.40. The standard InChI is InChI=1S/C23H26FN3O3/c1-29-21-4-2-3-16(13-21)14-27(19-9-11-20(28)12-10-19)15-22-25-23(26-30-22)17-5-7-18(24)8-6-17/h2-8,13,19-20,28H,9-12,14-15H2,1H3. The predicted octanol–water partition coefficient (Wildman–Crippen LogP) is 4.19. The summed E-state index contributed by atoms with van der Waals surface area (Å²) in [5.74, 6) is 1.49. The molecular weight excluding hydrogens is 385 g/mol. The third-order valence-corrected chi connectivity index (χ3v) is 5.61. The minimum atomic E-state index is -0.300.